The van der Waals surface area contributed by atoms with Crippen LogP contribution in [0.4, 0.5) is 5.69 Å². The van der Waals surface area contributed by atoms with Gasteiger partial charge in [-0.1, -0.05) is 31.0 Å². The zero-order chi connectivity index (χ0) is 27.0. The van der Waals surface area contributed by atoms with Crippen molar-refractivity contribution in [3.8, 4) is 23.0 Å². The predicted molar refractivity (Wildman–Crippen MR) is 149 cm³/mol. The molecule has 2 saturated carbocycles. The minimum atomic E-state index is -2.94. The topological polar surface area (TPSA) is 109 Å². The number of hydrogen-bond acceptors (Lipinski definition) is 7. The summed E-state index contributed by atoms with van der Waals surface area (Å²) in [7, 11) is -2.94. The van der Waals surface area contributed by atoms with Crippen LogP contribution in [0.25, 0.3) is 16.9 Å². The average molecular weight is 544 g/mol. The molecule has 3 aromatic rings. The molecule has 1 aromatic carbocycles. The van der Waals surface area contributed by atoms with Crippen LogP contribution in [0.2, 0.25) is 0 Å². The molecule has 0 N–H and O–H groups in total. The molecule has 8 nitrogen and oxygen atoms in total. The third kappa shape index (κ3) is 5.35. The Morgan fingerprint density at radius 2 is 1.79 bits per heavy atom. The average Bonchev–Trinajstić information content (AvgIpc) is 3.60. The summed E-state index contributed by atoms with van der Waals surface area (Å²) in [4.78, 5) is 20.1. The first-order valence-electron chi connectivity index (χ1n) is 13.9. The van der Waals surface area contributed by atoms with Crippen molar-refractivity contribution >= 4 is 21.3 Å². The number of carbonyl (C=O) groups is 1. The van der Waals surface area contributed by atoms with E-state index in [1.807, 2.05) is 41.2 Å². The van der Waals surface area contributed by atoms with Crippen LogP contribution in [0.5, 0.6) is 0 Å². The number of aromatic nitrogens is 3. The van der Waals surface area contributed by atoms with Gasteiger partial charge in [0.25, 0.3) is 0 Å². The first-order valence-corrected chi connectivity index (χ1v) is 15.7. The maximum absolute atomic E-state index is 13.5. The Hall–Kier alpha value is -3.51. The van der Waals surface area contributed by atoms with Gasteiger partial charge in [-0.05, 0) is 55.5 Å². The van der Waals surface area contributed by atoms with E-state index >= 15 is 0 Å². The van der Waals surface area contributed by atoms with E-state index in [9.17, 15) is 18.5 Å². The molecule has 3 aliphatic rings. The number of hydrogen-bond donors (Lipinski definition) is 0. The molecule has 2 aromatic heterocycles. The van der Waals surface area contributed by atoms with Gasteiger partial charge in [0.1, 0.15) is 5.78 Å². The molecule has 0 unspecified atom stereocenters. The van der Waals surface area contributed by atoms with Crippen molar-refractivity contribution < 1.29 is 13.2 Å². The summed E-state index contributed by atoms with van der Waals surface area (Å²) < 4.78 is 25.5. The van der Waals surface area contributed by atoms with Crippen LogP contribution in [-0.4, -0.2) is 53.6 Å². The van der Waals surface area contributed by atoms with Gasteiger partial charge in [0.05, 0.1) is 28.7 Å². The molecule has 6 rings (SSSR count). The van der Waals surface area contributed by atoms with Gasteiger partial charge in [-0.2, -0.15) is 10.4 Å². The highest BCUT2D eigenvalue weighted by Crippen LogP contribution is 2.51. The van der Waals surface area contributed by atoms with Crippen LogP contribution in [0.1, 0.15) is 56.6 Å². The Balaban J connectivity index is 1.34. The Bertz CT molecular complexity index is 1490. The van der Waals surface area contributed by atoms with Crippen molar-refractivity contribution in [2.45, 2.75) is 50.9 Å². The molecule has 2 atom stereocenters. The monoisotopic (exact) mass is 543 g/mol. The lowest BCUT2D eigenvalue weighted by Gasteiger charge is -2.31. The second-order valence-corrected chi connectivity index (χ2v) is 13.6. The Morgan fingerprint density at radius 3 is 2.46 bits per heavy atom. The number of anilines is 1. The summed E-state index contributed by atoms with van der Waals surface area (Å²) >= 11 is 0. The maximum Gasteiger partial charge on any atom is 0.153 e. The molecular formula is C30H33N5O3S. The second-order valence-electron chi connectivity index (χ2n) is 11.3. The Labute approximate surface area is 229 Å². The molecule has 0 bridgehead atoms. The lowest BCUT2D eigenvalue weighted by Crippen LogP contribution is -2.40. The lowest BCUT2D eigenvalue weighted by molar-refractivity contribution is -0.125. The summed E-state index contributed by atoms with van der Waals surface area (Å²) in [6, 6.07) is 16.3. The van der Waals surface area contributed by atoms with Crippen LogP contribution in [0.15, 0.2) is 54.9 Å². The quantitative estimate of drug-likeness (QED) is 0.425. The van der Waals surface area contributed by atoms with Crippen molar-refractivity contribution in [3.05, 3.63) is 60.6 Å². The maximum atomic E-state index is 13.5. The van der Waals surface area contributed by atoms with Crippen molar-refractivity contribution in [3.63, 3.8) is 0 Å². The number of benzene rings is 1. The molecule has 202 valence electrons. The standard InChI is InChI=1S/C30H33N5O3S/c31-21-30(12-13-30)19-27(36)24-5-1-2-6-25(24)29-26(20-35(33-29)28-7-3-4-14-32-28)22-8-10-23(11-9-22)34-15-17-39(37,38)18-16-34/h3-4,7-11,14,20,24-25H,1-2,5-6,12-13,15-19H2/t24-,25-/m1/s1. The Morgan fingerprint density at radius 1 is 1.05 bits per heavy atom. The van der Waals surface area contributed by atoms with E-state index in [-0.39, 0.29) is 29.1 Å². The molecule has 0 radical (unpaired) electrons. The van der Waals surface area contributed by atoms with Crippen molar-refractivity contribution in [1.82, 2.24) is 14.8 Å². The highest BCUT2D eigenvalue weighted by molar-refractivity contribution is 7.91. The first-order chi connectivity index (χ1) is 18.9. The van der Waals surface area contributed by atoms with Crippen LogP contribution in [0, 0.1) is 22.7 Å². The van der Waals surface area contributed by atoms with Crippen LogP contribution in [-0.2, 0) is 14.6 Å². The minimum Gasteiger partial charge on any atom is -0.369 e. The smallest absolute Gasteiger partial charge is 0.153 e. The van der Waals surface area contributed by atoms with E-state index in [2.05, 4.69) is 28.1 Å². The fraction of sp³-hybridized carbons (Fsp3) is 0.467. The number of nitrogens with zero attached hydrogens (tertiary/aromatic N) is 5. The second kappa shape index (κ2) is 10.2. The van der Waals surface area contributed by atoms with Crippen molar-refractivity contribution in [1.29, 1.82) is 5.26 Å². The van der Waals surface area contributed by atoms with Gasteiger partial charge in [0.2, 0.25) is 0 Å². The molecule has 9 heteroatoms. The Kier molecular flexibility index (Phi) is 6.76. The largest absolute Gasteiger partial charge is 0.369 e. The lowest BCUT2D eigenvalue weighted by atomic mass is 9.72. The zero-order valence-electron chi connectivity index (χ0n) is 22.0. The van der Waals surface area contributed by atoms with Gasteiger partial charge in [-0.3, -0.25) is 4.79 Å². The normalized spacial score (nSPS) is 23.6. The number of nitriles is 1. The third-order valence-corrected chi connectivity index (χ3v) is 10.3. The van der Waals surface area contributed by atoms with Crippen LogP contribution >= 0.6 is 0 Å². The fourth-order valence-electron chi connectivity index (χ4n) is 6.10. The molecule has 0 spiro atoms. The molecular weight excluding hydrogens is 510 g/mol. The molecule has 1 aliphatic heterocycles. The van der Waals surface area contributed by atoms with Crippen LogP contribution < -0.4 is 4.90 Å². The zero-order valence-corrected chi connectivity index (χ0v) is 22.8. The number of Topliss-reactive ketones (excluding diaryl/α,β-unsaturated/α-hetero) is 1. The number of carbonyl (C=O) groups excluding carboxylic acids is 1. The van der Waals surface area contributed by atoms with E-state index < -0.39 is 15.3 Å². The highest BCUT2D eigenvalue weighted by atomic mass is 32.2. The molecule has 1 saturated heterocycles. The number of rotatable bonds is 7. The van der Waals surface area contributed by atoms with E-state index in [1.54, 1.807) is 6.20 Å². The van der Waals surface area contributed by atoms with Crippen molar-refractivity contribution in [2.24, 2.45) is 11.3 Å². The van der Waals surface area contributed by atoms with E-state index in [4.69, 9.17) is 5.10 Å². The van der Waals surface area contributed by atoms with E-state index in [0.29, 0.717) is 19.5 Å². The van der Waals surface area contributed by atoms with E-state index in [1.165, 1.54) is 0 Å². The van der Waals surface area contributed by atoms with Gasteiger partial charge >= 0.3 is 0 Å². The first kappa shape index (κ1) is 25.8. The summed E-state index contributed by atoms with van der Waals surface area (Å²) in [5, 5.41) is 14.6. The fourth-order valence-corrected chi connectivity index (χ4v) is 7.30. The number of sulfone groups is 1. The highest BCUT2D eigenvalue weighted by Gasteiger charge is 2.47. The summed E-state index contributed by atoms with van der Waals surface area (Å²) in [5.41, 5.74) is 3.47. The molecule has 3 heterocycles. The number of pyridine rings is 1. The summed E-state index contributed by atoms with van der Waals surface area (Å²) in [5.74, 6) is 1.14. The SMILES string of the molecule is N#CC1(CC(=O)[C@@H]2CCCC[C@H]2c2nn(-c3ccccn3)cc2-c2ccc(N3CCS(=O)(=O)CC3)cc2)CC1. The van der Waals surface area contributed by atoms with E-state index in [0.717, 1.165) is 66.9 Å². The van der Waals surface area contributed by atoms with Gasteiger partial charge in [0, 0.05) is 55.0 Å². The molecule has 2 aliphatic carbocycles. The molecule has 3 fully saturated rings. The molecule has 0 amide bonds. The number of ketones is 1. The van der Waals surface area contributed by atoms with Crippen LogP contribution in [0.3, 0.4) is 0 Å². The predicted octanol–water partition coefficient (Wildman–Crippen LogP) is 4.71. The van der Waals surface area contributed by atoms with Gasteiger partial charge in [0.15, 0.2) is 15.7 Å². The van der Waals surface area contributed by atoms with Gasteiger partial charge in [-0.25, -0.2) is 18.1 Å². The third-order valence-electron chi connectivity index (χ3n) is 8.65. The van der Waals surface area contributed by atoms with Gasteiger partial charge < -0.3 is 4.90 Å². The summed E-state index contributed by atoms with van der Waals surface area (Å²) in [6.45, 7) is 1.00. The molecule has 39 heavy (non-hydrogen) atoms. The minimum absolute atomic E-state index is 0.00678. The van der Waals surface area contributed by atoms with Crippen molar-refractivity contribution in [2.75, 3.05) is 29.5 Å². The summed E-state index contributed by atoms with van der Waals surface area (Å²) in [6.07, 6.45) is 9.53. The van der Waals surface area contributed by atoms with Gasteiger partial charge in [-0.15, -0.1) is 0 Å².